The standard InChI is InChI=1S/C23H24N4O4S2/c1-17-9-13-21(14-10-17)32(28,29)26-24-19(3)23(20-7-5-4-6-8-20)25-27-33(30,31)22-15-11-18(2)12-16-22/h4-16,26-27H,1-3H3/b24-19+,25-23-. The molecule has 0 heterocycles. The third-order valence-electron chi connectivity index (χ3n) is 4.66. The van der Waals surface area contributed by atoms with E-state index in [1.165, 1.54) is 31.2 Å². The zero-order chi connectivity index (χ0) is 24.1. The summed E-state index contributed by atoms with van der Waals surface area (Å²) in [6, 6.07) is 21.4. The monoisotopic (exact) mass is 484 g/mol. The number of hydrogen-bond acceptors (Lipinski definition) is 6. The van der Waals surface area contributed by atoms with E-state index in [9.17, 15) is 16.8 Å². The fourth-order valence-electron chi connectivity index (χ4n) is 2.78. The molecule has 0 unspecified atom stereocenters. The quantitative estimate of drug-likeness (QED) is 0.377. The van der Waals surface area contributed by atoms with E-state index >= 15 is 0 Å². The van der Waals surface area contributed by atoms with E-state index in [1.807, 2.05) is 13.8 Å². The predicted octanol–water partition coefficient (Wildman–Crippen LogP) is 3.34. The first-order chi connectivity index (χ1) is 15.6. The second kappa shape index (κ2) is 9.97. The molecule has 3 rings (SSSR count). The summed E-state index contributed by atoms with van der Waals surface area (Å²) in [6.07, 6.45) is 0. The summed E-state index contributed by atoms with van der Waals surface area (Å²) in [4.78, 5) is 4.51. The van der Waals surface area contributed by atoms with Gasteiger partial charge >= 0.3 is 0 Å². The van der Waals surface area contributed by atoms with Crippen LogP contribution in [0, 0.1) is 13.8 Å². The van der Waals surface area contributed by atoms with Crippen molar-refractivity contribution in [1.82, 2.24) is 9.66 Å². The molecule has 33 heavy (non-hydrogen) atoms. The van der Waals surface area contributed by atoms with Crippen molar-refractivity contribution in [3.63, 3.8) is 0 Å². The SMILES string of the molecule is CC(=N\NS(=O)(=O)c1ccc(C)cc1)/C(=N/NS(=O)(=O)c1ccc(C)cc1)c1ccccc1. The Morgan fingerprint density at radius 2 is 1.06 bits per heavy atom. The van der Waals surface area contributed by atoms with Gasteiger partial charge in [0, 0.05) is 5.56 Å². The molecule has 0 aliphatic rings. The molecule has 3 aromatic rings. The van der Waals surface area contributed by atoms with Crippen LogP contribution in [0.5, 0.6) is 0 Å². The van der Waals surface area contributed by atoms with E-state index in [2.05, 4.69) is 19.9 Å². The van der Waals surface area contributed by atoms with Crippen LogP contribution in [-0.2, 0) is 20.0 Å². The molecule has 0 saturated heterocycles. The molecule has 0 atom stereocenters. The third-order valence-corrected chi connectivity index (χ3v) is 7.11. The van der Waals surface area contributed by atoms with E-state index in [1.54, 1.807) is 54.6 Å². The van der Waals surface area contributed by atoms with Crippen LogP contribution < -0.4 is 9.66 Å². The number of hydrogen-bond donors (Lipinski definition) is 2. The number of rotatable bonds is 8. The molecule has 0 amide bonds. The van der Waals surface area contributed by atoms with Crippen LogP contribution in [0.25, 0.3) is 0 Å². The number of sulfonamides is 2. The highest BCUT2D eigenvalue weighted by Gasteiger charge is 2.17. The topological polar surface area (TPSA) is 117 Å². The first-order valence-corrected chi connectivity index (χ1v) is 12.9. The molecule has 3 aromatic carbocycles. The lowest BCUT2D eigenvalue weighted by Crippen LogP contribution is -2.26. The number of nitrogens with one attached hydrogen (secondary N) is 2. The summed E-state index contributed by atoms with van der Waals surface area (Å²) in [6.45, 7) is 5.24. The summed E-state index contributed by atoms with van der Waals surface area (Å²) in [5, 5.41) is 8.03. The van der Waals surface area contributed by atoms with Crippen molar-refractivity contribution in [2.45, 2.75) is 30.6 Å². The van der Waals surface area contributed by atoms with Gasteiger partial charge in [-0.15, -0.1) is 0 Å². The number of nitrogens with zero attached hydrogens (tertiary/aromatic N) is 2. The van der Waals surface area contributed by atoms with Gasteiger partial charge in [0.1, 0.15) is 5.71 Å². The lowest BCUT2D eigenvalue weighted by molar-refractivity contribution is 0.582. The second-order valence-electron chi connectivity index (χ2n) is 7.34. The van der Waals surface area contributed by atoms with Gasteiger partial charge in [-0.3, -0.25) is 0 Å². The summed E-state index contributed by atoms with van der Waals surface area (Å²) >= 11 is 0. The maximum Gasteiger partial charge on any atom is 0.276 e. The summed E-state index contributed by atoms with van der Waals surface area (Å²) < 4.78 is 50.5. The van der Waals surface area contributed by atoms with Crippen molar-refractivity contribution in [2.24, 2.45) is 10.2 Å². The molecule has 172 valence electrons. The van der Waals surface area contributed by atoms with E-state index in [0.717, 1.165) is 11.1 Å². The fraction of sp³-hybridized carbons (Fsp3) is 0.130. The Hall–Kier alpha value is -3.50. The molecule has 0 aliphatic carbocycles. The van der Waals surface area contributed by atoms with E-state index < -0.39 is 20.0 Å². The highest BCUT2D eigenvalue weighted by molar-refractivity contribution is 7.89. The van der Waals surface area contributed by atoms with Crippen molar-refractivity contribution >= 4 is 31.5 Å². The second-order valence-corrected chi connectivity index (χ2v) is 10.7. The average Bonchev–Trinajstić information content (AvgIpc) is 2.79. The Balaban J connectivity index is 1.92. The number of hydrazone groups is 2. The molecule has 0 aromatic heterocycles. The van der Waals surface area contributed by atoms with Crippen LogP contribution in [0.1, 0.15) is 23.6 Å². The van der Waals surface area contributed by atoms with Gasteiger partial charge in [-0.25, -0.2) is 0 Å². The van der Waals surface area contributed by atoms with Crippen LogP contribution in [0.3, 0.4) is 0 Å². The van der Waals surface area contributed by atoms with Crippen molar-refractivity contribution in [3.05, 3.63) is 95.6 Å². The Labute approximate surface area is 194 Å². The Morgan fingerprint density at radius 3 is 1.52 bits per heavy atom. The maximum absolute atomic E-state index is 12.7. The maximum atomic E-state index is 12.7. The molecule has 0 spiro atoms. The summed E-state index contributed by atoms with van der Waals surface area (Å²) in [5.74, 6) is 0. The van der Waals surface area contributed by atoms with Gasteiger partial charge in [-0.2, -0.15) is 36.7 Å². The molecule has 8 nitrogen and oxygen atoms in total. The van der Waals surface area contributed by atoms with E-state index in [-0.39, 0.29) is 21.2 Å². The number of aryl methyl sites for hydroxylation is 2. The Bertz CT molecular complexity index is 1380. The molecular formula is C23H24N4O4S2. The highest BCUT2D eigenvalue weighted by atomic mass is 32.2. The fourth-order valence-corrected chi connectivity index (χ4v) is 4.45. The number of benzene rings is 3. The lowest BCUT2D eigenvalue weighted by atomic mass is 10.1. The first kappa shape index (κ1) is 24.1. The molecule has 0 bridgehead atoms. The first-order valence-electron chi connectivity index (χ1n) is 9.93. The molecule has 0 radical (unpaired) electrons. The lowest BCUT2D eigenvalue weighted by Gasteiger charge is -2.10. The smallest absolute Gasteiger partial charge is 0.200 e. The highest BCUT2D eigenvalue weighted by Crippen LogP contribution is 2.12. The van der Waals surface area contributed by atoms with Gasteiger partial charge in [0.2, 0.25) is 0 Å². The van der Waals surface area contributed by atoms with E-state index in [0.29, 0.717) is 5.56 Å². The van der Waals surface area contributed by atoms with Crippen LogP contribution in [0.4, 0.5) is 0 Å². The van der Waals surface area contributed by atoms with Gasteiger partial charge < -0.3 is 0 Å². The van der Waals surface area contributed by atoms with E-state index in [4.69, 9.17) is 0 Å². The molecule has 2 N–H and O–H groups in total. The van der Waals surface area contributed by atoms with Crippen molar-refractivity contribution in [1.29, 1.82) is 0 Å². The Kier molecular flexibility index (Phi) is 7.29. The van der Waals surface area contributed by atoms with Crippen molar-refractivity contribution < 1.29 is 16.8 Å². The summed E-state index contributed by atoms with van der Waals surface area (Å²) in [7, 11) is -7.84. The van der Waals surface area contributed by atoms with Crippen molar-refractivity contribution in [2.75, 3.05) is 0 Å². The van der Waals surface area contributed by atoms with Gasteiger partial charge in [-0.05, 0) is 45.0 Å². The molecule has 0 fully saturated rings. The zero-order valence-electron chi connectivity index (χ0n) is 18.3. The average molecular weight is 485 g/mol. The van der Waals surface area contributed by atoms with Crippen LogP contribution in [0.2, 0.25) is 0 Å². The zero-order valence-corrected chi connectivity index (χ0v) is 20.0. The summed E-state index contributed by atoms with van der Waals surface area (Å²) in [5.41, 5.74) is 2.74. The van der Waals surface area contributed by atoms with Crippen LogP contribution in [-0.4, -0.2) is 28.3 Å². The molecular weight excluding hydrogens is 460 g/mol. The van der Waals surface area contributed by atoms with Crippen LogP contribution >= 0.6 is 0 Å². The predicted molar refractivity (Wildman–Crippen MR) is 129 cm³/mol. The minimum Gasteiger partial charge on any atom is -0.200 e. The van der Waals surface area contributed by atoms with Gasteiger partial charge in [0.05, 0.1) is 15.5 Å². The van der Waals surface area contributed by atoms with Gasteiger partial charge in [0.15, 0.2) is 0 Å². The van der Waals surface area contributed by atoms with Gasteiger partial charge in [-0.1, -0.05) is 65.7 Å². The normalized spacial score (nSPS) is 12.9. The van der Waals surface area contributed by atoms with Crippen molar-refractivity contribution in [3.8, 4) is 0 Å². The minimum absolute atomic E-state index is 0.0546. The molecule has 0 aliphatic heterocycles. The molecule has 0 saturated carbocycles. The Morgan fingerprint density at radius 1 is 0.636 bits per heavy atom. The minimum atomic E-state index is -3.94. The largest absolute Gasteiger partial charge is 0.276 e. The molecule has 10 heteroatoms. The van der Waals surface area contributed by atoms with Crippen LogP contribution in [0.15, 0.2) is 98.9 Å². The van der Waals surface area contributed by atoms with Gasteiger partial charge in [0.25, 0.3) is 20.0 Å². The third kappa shape index (κ3) is 6.27.